The lowest BCUT2D eigenvalue weighted by atomic mass is 10.2. The summed E-state index contributed by atoms with van der Waals surface area (Å²) < 4.78 is 11.5. The van der Waals surface area contributed by atoms with Gasteiger partial charge in [0.1, 0.15) is 6.61 Å². The zero-order chi connectivity index (χ0) is 18.2. The van der Waals surface area contributed by atoms with E-state index in [4.69, 9.17) is 38.4 Å². The van der Waals surface area contributed by atoms with E-state index in [-0.39, 0.29) is 5.11 Å². The molecular formula is C17H17Cl2N3O2S. The predicted molar refractivity (Wildman–Crippen MR) is 106 cm³/mol. The Bertz CT molecular complexity index is 767. The molecule has 0 aliphatic rings. The molecule has 0 spiro atoms. The lowest BCUT2D eigenvalue weighted by molar-refractivity contribution is 0.269. The van der Waals surface area contributed by atoms with E-state index in [9.17, 15) is 0 Å². The molecule has 0 aliphatic carbocycles. The second-order valence-corrected chi connectivity index (χ2v) is 6.20. The zero-order valence-electron chi connectivity index (χ0n) is 13.5. The Hall–Kier alpha value is -2.02. The topological polar surface area (TPSA) is 68.9 Å². The smallest absolute Gasteiger partial charge is 0.184 e. The first-order chi connectivity index (χ1) is 12.0. The van der Waals surface area contributed by atoms with E-state index in [2.05, 4.69) is 22.7 Å². The molecule has 0 radical (unpaired) electrons. The molecule has 0 saturated carbocycles. The van der Waals surface area contributed by atoms with Crippen molar-refractivity contribution in [2.24, 2.45) is 10.8 Å². The third-order valence-corrected chi connectivity index (χ3v) is 3.64. The second kappa shape index (κ2) is 9.46. The summed E-state index contributed by atoms with van der Waals surface area (Å²) in [6, 6.07) is 10.9. The summed E-state index contributed by atoms with van der Waals surface area (Å²) in [5.74, 6) is 0.999. The number of nitrogens with two attached hydrogens (primary N) is 1. The summed E-state index contributed by atoms with van der Waals surface area (Å²) in [5.41, 5.74) is 9.49. The number of thiocarbonyl (C=S) groups is 1. The summed E-state index contributed by atoms with van der Waals surface area (Å²) in [4.78, 5) is 0. The molecule has 0 aromatic heterocycles. The van der Waals surface area contributed by atoms with Gasteiger partial charge in [0.15, 0.2) is 16.6 Å². The highest BCUT2D eigenvalue weighted by Gasteiger charge is 2.12. The molecule has 5 nitrogen and oxygen atoms in total. The molecular weight excluding hydrogens is 381 g/mol. The molecule has 8 heteroatoms. The molecule has 0 fully saturated rings. The molecule has 25 heavy (non-hydrogen) atoms. The van der Waals surface area contributed by atoms with Crippen LogP contribution in [-0.4, -0.2) is 17.9 Å². The quantitative estimate of drug-likeness (QED) is 0.417. The summed E-state index contributed by atoms with van der Waals surface area (Å²) in [7, 11) is 0. The molecule has 0 atom stereocenters. The van der Waals surface area contributed by atoms with E-state index in [0.717, 1.165) is 11.1 Å². The summed E-state index contributed by atoms with van der Waals surface area (Å²) in [5, 5.41) is 5.07. The SMILES string of the molecule is CCOc1cc(/C=N/NC(N)=S)cc(Cl)c1OCc1ccc(Cl)cc1. The summed E-state index contributed by atoms with van der Waals surface area (Å²) >= 11 is 16.9. The predicted octanol–water partition coefficient (Wildman–Crippen LogP) is 4.14. The Kier molecular flexibility index (Phi) is 7.31. The van der Waals surface area contributed by atoms with Gasteiger partial charge >= 0.3 is 0 Å². The molecule has 0 unspecified atom stereocenters. The van der Waals surface area contributed by atoms with Gasteiger partial charge in [0.05, 0.1) is 17.8 Å². The van der Waals surface area contributed by atoms with Crippen LogP contribution in [0.5, 0.6) is 11.5 Å². The molecule has 2 aromatic carbocycles. The largest absolute Gasteiger partial charge is 0.490 e. The molecule has 0 heterocycles. The Morgan fingerprint density at radius 2 is 1.96 bits per heavy atom. The maximum atomic E-state index is 6.34. The van der Waals surface area contributed by atoms with Gasteiger partial charge in [-0.1, -0.05) is 35.3 Å². The van der Waals surface area contributed by atoms with Crippen LogP contribution in [0.2, 0.25) is 10.0 Å². The number of benzene rings is 2. The van der Waals surface area contributed by atoms with Crippen LogP contribution in [0.3, 0.4) is 0 Å². The molecule has 0 bridgehead atoms. The molecule has 2 aromatic rings. The van der Waals surface area contributed by atoms with Crippen LogP contribution in [0.1, 0.15) is 18.1 Å². The van der Waals surface area contributed by atoms with Gasteiger partial charge < -0.3 is 15.2 Å². The van der Waals surface area contributed by atoms with Crippen LogP contribution in [-0.2, 0) is 6.61 Å². The van der Waals surface area contributed by atoms with Crippen molar-refractivity contribution in [1.82, 2.24) is 5.43 Å². The Morgan fingerprint density at radius 1 is 1.24 bits per heavy atom. The average molecular weight is 398 g/mol. The molecule has 0 amide bonds. The lowest BCUT2D eigenvalue weighted by Gasteiger charge is -2.14. The van der Waals surface area contributed by atoms with Crippen molar-refractivity contribution < 1.29 is 9.47 Å². The van der Waals surface area contributed by atoms with Crippen molar-refractivity contribution in [2.45, 2.75) is 13.5 Å². The Morgan fingerprint density at radius 3 is 2.60 bits per heavy atom. The van der Waals surface area contributed by atoms with E-state index < -0.39 is 0 Å². The van der Waals surface area contributed by atoms with Crippen molar-refractivity contribution in [1.29, 1.82) is 0 Å². The van der Waals surface area contributed by atoms with Gasteiger partial charge in [0, 0.05) is 5.02 Å². The normalized spacial score (nSPS) is 10.7. The van der Waals surface area contributed by atoms with E-state index in [1.807, 2.05) is 19.1 Å². The molecule has 0 aliphatic heterocycles. The lowest BCUT2D eigenvalue weighted by Crippen LogP contribution is -2.23. The van der Waals surface area contributed by atoms with Crippen molar-refractivity contribution in [3.63, 3.8) is 0 Å². The Labute approximate surface area is 161 Å². The van der Waals surface area contributed by atoms with E-state index in [1.165, 1.54) is 6.21 Å². The molecule has 2 rings (SSSR count). The number of rotatable bonds is 7. The number of ether oxygens (including phenoxy) is 2. The molecule has 0 saturated heterocycles. The number of hydrogen-bond acceptors (Lipinski definition) is 4. The van der Waals surface area contributed by atoms with Gasteiger partial charge in [0.2, 0.25) is 0 Å². The highest BCUT2D eigenvalue weighted by molar-refractivity contribution is 7.80. The summed E-state index contributed by atoms with van der Waals surface area (Å²) in [6.45, 7) is 2.69. The van der Waals surface area contributed by atoms with E-state index in [1.54, 1.807) is 24.3 Å². The first-order valence-electron chi connectivity index (χ1n) is 7.41. The third kappa shape index (κ3) is 6.08. The van der Waals surface area contributed by atoms with Crippen LogP contribution in [0, 0.1) is 0 Å². The first kappa shape index (κ1) is 19.3. The van der Waals surface area contributed by atoms with Gasteiger partial charge in [0.25, 0.3) is 0 Å². The maximum absolute atomic E-state index is 6.34. The zero-order valence-corrected chi connectivity index (χ0v) is 15.8. The monoisotopic (exact) mass is 397 g/mol. The third-order valence-electron chi connectivity index (χ3n) is 3.02. The molecule has 132 valence electrons. The van der Waals surface area contributed by atoms with Crippen LogP contribution in [0.25, 0.3) is 0 Å². The number of hydrazone groups is 1. The van der Waals surface area contributed by atoms with Crippen LogP contribution in [0.15, 0.2) is 41.5 Å². The number of halogens is 2. The number of hydrogen-bond donors (Lipinski definition) is 2. The standard InChI is InChI=1S/C17H17Cl2N3O2S/c1-2-23-15-8-12(9-21-22-17(20)25)7-14(19)16(15)24-10-11-3-5-13(18)6-4-11/h3-9H,2,10H2,1H3,(H3,20,22,25)/b21-9+. The fourth-order valence-electron chi connectivity index (χ4n) is 1.97. The fraction of sp³-hybridized carbons (Fsp3) is 0.176. The van der Waals surface area contributed by atoms with Gasteiger partial charge in [-0.3, -0.25) is 5.43 Å². The highest BCUT2D eigenvalue weighted by Crippen LogP contribution is 2.37. The van der Waals surface area contributed by atoms with Gasteiger partial charge in [-0.25, -0.2) is 0 Å². The van der Waals surface area contributed by atoms with Crippen molar-refractivity contribution in [3.05, 3.63) is 57.6 Å². The minimum absolute atomic E-state index is 0.0790. The maximum Gasteiger partial charge on any atom is 0.184 e. The van der Waals surface area contributed by atoms with Crippen LogP contribution in [0.4, 0.5) is 0 Å². The van der Waals surface area contributed by atoms with Crippen LogP contribution < -0.4 is 20.6 Å². The van der Waals surface area contributed by atoms with E-state index in [0.29, 0.717) is 34.8 Å². The average Bonchev–Trinajstić information content (AvgIpc) is 2.55. The van der Waals surface area contributed by atoms with Crippen molar-refractivity contribution in [3.8, 4) is 11.5 Å². The first-order valence-corrected chi connectivity index (χ1v) is 8.58. The van der Waals surface area contributed by atoms with Gasteiger partial charge in [-0.15, -0.1) is 0 Å². The van der Waals surface area contributed by atoms with E-state index >= 15 is 0 Å². The number of nitrogens with zero attached hydrogens (tertiary/aromatic N) is 1. The summed E-state index contributed by atoms with van der Waals surface area (Å²) in [6.07, 6.45) is 1.54. The minimum atomic E-state index is 0.0790. The molecule has 3 N–H and O–H groups in total. The van der Waals surface area contributed by atoms with Crippen molar-refractivity contribution in [2.75, 3.05) is 6.61 Å². The fourth-order valence-corrected chi connectivity index (χ4v) is 2.42. The van der Waals surface area contributed by atoms with Gasteiger partial charge in [-0.05, 0) is 54.5 Å². The highest BCUT2D eigenvalue weighted by atomic mass is 35.5. The van der Waals surface area contributed by atoms with Crippen LogP contribution >= 0.6 is 35.4 Å². The second-order valence-electron chi connectivity index (χ2n) is 4.91. The minimum Gasteiger partial charge on any atom is -0.490 e. The van der Waals surface area contributed by atoms with Crippen molar-refractivity contribution >= 4 is 46.7 Å². The van der Waals surface area contributed by atoms with Gasteiger partial charge in [-0.2, -0.15) is 5.10 Å². The Balaban J connectivity index is 2.19. The number of nitrogens with one attached hydrogen (secondary N) is 1.